The number of amides is 2. The molecule has 0 aromatic heterocycles. The molecule has 5 nitrogen and oxygen atoms in total. The van der Waals surface area contributed by atoms with Gasteiger partial charge in [0.05, 0.1) is 6.54 Å². The lowest BCUT2D eigenvalue weighted by molar-refractivity contribution is -0.138. The summed E-state index contributed by atoms with van der Waals surface area (Å²) in [6, 6.07) is 0. The van der Waals surface area contributed by atoms with Gasteiger partial charge in [0.15, 0.2) is 0 Å². The van der Waals surface area contributed by atoms with Gasteiger partial charge in [0.2, 0.25) is 11.8 Å². The predicted octanol–water partition coefficient (Wildman–Crippen LogP) is 0.0668. The van der Waals surface area contributed by atoms with Crippen LogP contribution >= 0.6 is 0 Å². The van der Waals surface area contributed by atoms with Crippen molar-refractivity contribution in [3.05, 3.63) is 0 Å². The lowest BCUT2D eigenvalue weighted by Gasteiger charge is -2.21. The number of nitrogens with one attached hydrogen (secondary N) is 1. The van der Waals surface area contributed by atoms with Crippen LogP contribution in [0.25, 0.3) is 0 Å². The number of nitrogens with zero attached hydrogens (tertiary/aromatic N) is 2. The quantitative estimate of drug-likeness (QED) is 0.669. The van der Waals surface area contributed by atoms with Gasteiger partial charge < -0.3 is 15.1 Å². The monoisotopic (exact) mass is 241 g/mol. The zero-order valence-electron chi connectivity index (χ0n) is 10.9. The number of hydrogen-bond donors (Lipinski definition) is 1. The Hall–Kier alpha value is -1.10. The first-order chi connectivity index (χ1) is 8.15. The summed E-state index contributed by atoms with van der Waals surface area (Å²) in [4.78, 5) is 26.9. The number of rotatable bonds is 6. The molecule has 1 aliphatic rings. The highest BCUT2D eigenvalue weighted by molar-refractivity contribution is 5.84. The van der Waals surface area contributed by atoms with E-state index in [2.05, 4.69) is 5.32 Å². The summed E-state index contributed by atoms with van der Waals surface area (Å²) < 4.78 is 0. The van der Waals surface area contributed by atoms with E-state index in [9.17, 15) is 9.59 Å². The van der Waals surface area contributed by atoms with Crippen LogP contribution in [-0.4, -0.2) is 61.9 Å². The van der Waals surface area contributed by atoms with Crippen molar-refractivity contribution in [2.45, 2.75) is 25.7 Å². The van der Waals surface area contributed by atoms with Gasteiger partial charge in [0.1, 0.15) is 0 Å². The normalized spacial score (nSPS) is 15.1. The molecule has 0 atom stereocenters. The van der Waals surface area contributed by atoms with E-state index in [0.29, 0.717) is 6.42 Å². The summed E-state index contributed by atoms with van der Waals surface area (Å²) in [5.41, 5.74) is 0. The van der Waals surface area contributed by atoms with Crippen molar-refractivity contribution < 1.29 is 9.59 Å². The molecule has 1 N–H and O–H groups in total. The van der Waals surface area contributed by atoms with E-state index in [1.54, 1.807) is 7.05 Å². The SMILES string of the molecule is CNCCCC(=O)N(C)CC(=O)N1CCCC1. The Kier molecular flexibility index (Phi) is 5.97. The third kappa shape index (κ3) is 4.73. The molecule has 0 spiro atoms. The topological polar surface area (TPSA) is 52.7 Å². The van der Waals surface area contributed by atoms with E-state index in [1.165, 1.54) is 4.90 Å². The minimum Gasteiger partial charge on any atom is -0.341 e. The third-order valence-corrected chi connectivity index (χ3v) is 3.07. The first kappa shape index (κ1) is 14.0. The van der Waals surface area contributed by atoms with Crippen molar-refractivity contribution in [2.75, 3.05) is 40.3 Å². The van der Waals surface area contributed by atoms with Crippen LogP contribution in [0.3, 0.4) is 0 Å². The van der Waals surface area contributed by atoms with E-state index in [1.807, 2.05) is 11.9 Å². The van der Waals surface area contributed by atoms with E-state index in [4.69, 9.17) is 0 Å². The smallest absolute Gasteiger partial charge is 0.242 e. The summed E-state index contributed by atoms with van der Waals surface area (Å²) in [7, 11) is 3.57. The summed E-state index contributed by atoms with van der Waals surface area (Å²) >= 11 is 0. The van der Waals surface area contributed by atoms with Crippen molar-refractivity contribution in [1.29, 1.82) is 0 Å². The molecule has 0 bridgehead atoms. The minimum atomic E-state index is 0.0489. The molecule has 0 unspecified atom stereocenters. The molecule has 2 amide bonds. The number of carbonyl (C=O) groups excluding carboxylic acids is 2. The second-order valence-electron chi connectivity index (χ2n) is 4.54. The molecule has 0 aliphatic carbocycles. The lowest BCUT2D eigenvalue weighted by Crippen LogP contribution is -2.39. The minimum absolute atomic E-state index is 0.0489. The van der Waals surface area contributed by atoms with Gasteiger partial charge in [-0.25, -0.2) is 0 Å². The van der Waals surface area contributed by atoms with Crippen LogP contribution in [0.1, 0.15) is 25.7 Å². The average Bonchev–Trinajstić information content (AvgIpc) is 2.82. The van der Waals surface area contributed by atoms with Gasteiger partial charge in [-0.05, 0) is 32.9 Å². The Bertz CT molecular complexity index is 262. The largest absolute Gasteiger partial charge is 0.341 e. The molecule has 1 rings (SSSR count). The molecule has 0 saturated carbocycles. The molecular weight excluding hydrogens is 218 g/mol. The molecule has 1 heterocycles. The van der Waals surface area contributed by atoms with E-state index < -0.39 is 0 Å². The predicted molar refractivity (Wildman–Crippen MR) is 66.6 cm³/mol. The van der Waals surface area contributed by atoms with Gasteiger partial charge >= 0.3 is 0 Å². The summed E-state index contributed by atoms with van der Waals surface area (Å²) in [6.07, 6.45) is 3.50. The fourth-order valence-corrected chi connectivity index (χ4v) is 1.96. The van der Waals surface area contributed by atoms with Crippen molar-refractivity contribution in [3.63, 3.8) is 0 Å². The van der Waals surface area contributed by atoms with Gasteiger partial charge in [-0.2, -0.15) is 0 Å². The second-order valence-corrected chi connectivity index (χ2v) is 4.54. The summed E-state index contributed by atoms with van der Waals surface area (Å²) in [5.74, 6) is 0.125. The Morgan fingerprint density at radius 1 is 1.29 bits per heavy atom. The zero-order chi connectivity index (χ0) is 12.7. The van der Waals surface area contributed by atoms with Crippen LogP contribution in [0.2, 0.25) is 0 Å². The van der Waals surface area contributed by atoms with Gasteiger partial charge in [0, 0.05) is 26.6 Å². The highest BCUT2D eigenvalue weighted by Gasteiger charge is 2.20. The second kappa shape index (κ2) is 7.27. The van der Waals surface area contributed by atoms with Gasteiger partial charge in [-0.3, -0.25) is 9.59 Å². The van der Waals surface area contributed by atoms with Crippen LogP contribution in [0.15, 0.2) is 0 Å². The molecule has 17 heavy (non-hydrogen) atoms. The first-order valence-corrected chi connectivity index (χ1v) is 6.31. The maximum Gasteiger partial charge on any atom is 0.242 e. The molecular formula is C12H23N3O2. The Balaban J connectivity index is 2.24. The zero-order valence-corrected chi connectivity index (χ0v) is 10.9. The number of likely N-dealkylation sites (N-methyl/N-ethyl adjacent to an activating group) is 1. The number of likely N-dealkylation sites (tertiary alicyclic amines) is 1. The van der Waals surface area contributed by atoms with Crippen molar-refractivity contribution in [1.82, 2.24) is 15.1 Å². The van der Waals surface area contributed by atoms with Crippen LogP contribution in [-0.2, 0) is 9.59 Å². The third-order valence-electron chi connectivity index (χ3n) is 3.07. The average molecular weight is 241 g/mol. The molecule has 1 aliphatic heterocycles. The lowest BCUT2D eigenvalue weighted by atomic mass is 10.3. The van der Waals surface area contributed by atoms with Gasteiger partial charge in [-0.15, -0.1) is 0 Å². The molecule has 98 valence electrons. The van der Waals surface area contributed by atoms with Crippen molar-refractivity contribution >= 4 is 11.8 Å². The Morgan fingerprint density at radius 2 is 1.94 bits per heavy atom. The van der Waals surface area contributed by atoms with E-state index >= 15 is 0 Å². The van der Waals surface area contributed by atoms with Crippen LogP contribution in [0.4, 0.5) is 0 Å². The van der Waals surface area contributed by atoms with Crippen LogP contribution < -0.4 is 5.32 Å². The highest BCUT2D eigenvalue weighted by atomic mass is 16.2. The molecule has 0 radical (unpaired) electrons. The fraction of sp³-hybridized carbons (Fsp3) is 0.833. The molecule has 5 heteroatoms. The molecule has 0 aromatic carbocycles. The Morgan fingerprint density at radius 3 is 2.53 bits per heavy atom. The number of carbonyl (C=O) groups is 2. The molecule has 1 saturated heterocycles. The summed E-state index contributed by atoms with van der Waals surface area (Å²) in [6.45, 7) is 2.75. The number of hydrogen-bond acceptors (Lipinski definition) is 3. The molecule has 1 fully saturated rings. The highest BCUT2D eigenvalue weighted by Crippen LogP contribution is 2.08. The Labute approximate surface area is 103 Å². The van der Waals surface area contributed by atoms with Crippen molar-refractivity contribution in [3.8, 4) is 0 Å². The van der Waals surface area contributed by atoms with Gasteiger partial charge in [0.25, 0.3) is 0 Å². The van der Waals surface area contributed by atoms with Crippen LogP contribution in [0.5, 0.6) is 0 Å². The van der Waals surface area contributed by atoms with E-state index in [-0.39, 0.29) is 18.4 Å². The maximum atomic E-state index is 11.8. The standard InChI is InChI=1S/C12H23N3O2/c1-13-7-5-6-11(16)14(2)10-12(17)15-8-3-4-9-15/h13H,3-10H2,1-2H3. The van der Waals surface area contributed by atoms with Crippen LogP contribution in [0, 0.1) is 0 Å². The first-order valence-electron chi connectivity index (χ1n) is 6.31. The summed E-state index contributed by atoms with van der Waals surface area (Å²) in [5, 5.41) is 3.00. The maximum absolute atomic E-state index is 11.8. The fourth-order valence-electron chi connectivity index (χ4n) is 1.96. The van der Waals surface area contributed by atoms with Gasteiger partial charge in [-0.1, -0.05) is 0 Å². The molecule has 0 aromatic rings. The van der Waals surface area contributed by atoms with Crippen molar-refractivity contribution in [2.24, 2.45) is 0 Å². The van der Waals surface area contributed by atoms with E-state index in [0.717, 1.165) is 38.9 Å².